The highest BCUT2D eigenvalue weighted by molar-refractivity contribution is 6.04. The van der Waals surface area contributed by atoms with Crippen LogP contribution in [0, 0.1) is 5.82 Å². The Bertz CT molecular complexity index is 933. The number of aliphatic imine (C=N–C) groups is 1. The lowest BCUT2D eigenvalue weighted by Gasteiger charge is -2.19. The van der Waals surface area contributed by atoms with Crippen LogP contribution in [0.25, 0.3) is 11.1 Å². The highest BCUT2D eigenvalue weighted by Crippen LogP contribution is 2.39. The second-order valence-corrected chi connectivity index (χ2v) is 8.85. The number of halogens is 1. The maximum Gasteiger partial charge on any atom is 0.217 e. The van der Waals surface area contributed by atoms with Crippen molar-refractivity contribution in [3.05, 3.63) is 58.4 Å². The van der Waals surface area contributed by atoms with Crippen molar-refractivity contribution in [3.8, 4) is 11.1 Å². The summed E-state index contributed by atoms with van der Waals surface area (Å²) in [6.45, 7) is 6.92. The number of hydrogen-bond donors (Lipinski definition) is 0. The van der Waals surface area contributed by atoms with Gasteiger partial charge in [-0.05, 0) is 81.7 Å². The maximum atomic E-state index is 13.6. The summed E-state index contributed by atoms with van der Waals surface area (Å²) in [5.41, 5.74) is 6.47. The van der Waals surface area contributed by atoms with Gasteiger partial charge in [0.2, 0.25) is 5.90 Å². The second kappa shape index (κ2) is 7.88. The van der Waals surface area contributed by atoms with Crippen LogP contribution >= 0.6 is 0 Å². The summed E-state index contributed by atoms with van der Waals surface area (Å²) in [7, 11) is 4.18. The first-order chi connectivity index (χ1) is 13.8. The molecule has 0 saturated heterocycles. The van der Waals surface area contributed by atoms with Gasteiger partial charge >= 0.3 is 0 Å². The lowest BCUT2D eigenvalue weighted by molar-refractivity contribution is 0.134. The summed E-state index contributed by atoms with van der Waals surface area (Å²) < 4.78 is 25.5. The maximum absolute atomic E-state index is 13.6. The van der Waals surface area contributed by atoms with Gasteiger partial charge in [-0.2, -0.15) is 0 Å². The van der Waals surface area contributed by atoms with Gasteiger partial charge in [0.1, 0.15) is 12.4 Å². The van der Waals surface area contributed by atoms with Gasteiger partial charge in [-0.15, -0.1) is 0 Å². The first-order valence-corrected chi connectivity index (χ1v) is 10.2. The van der Waals surface area contributed by atoms with Crippen LogP contribution in [-0.2, 0) is 29.1 Å². The first-order valence-electron chi connectivity index (χ1n) is 10.2. The fraction of sp³-hybridized carbons (Fsp3) is 0.458. The number of ether oxygens (including phenoxy) is 2. The molecule has 0 amide bonds. The molecular formula is C24H29FN2O2. The van der Waals surface area contributed by atoms with Gasteiger partial charge in [0.05, 0.1) is 18.8 Å². The molecule has 2 aromatic carbocycles. The molecule has 2 aliphatic heterocycles. The largest absolute Gasteiger partial charge is 0.475 e. The third-order valence-electron chi connectivity index (χ3n) is 5.48. The topological polar surface area (TPSA) is 34.1 Å². The molecule has 4 rings (SSSR count). The van der Waals surface area contributed by atoms with Crippen LogP contribution in [-0.4, -0.2) is 43.6 Å². The van der Waals surface area contributed by atoms with Crippen LogP contribution in [0.4, 0.5) is 4.39 Å². The molecule has 0 N–H and O–H groups in total. The molecule has 0 radical (unpaired) electrons. The molecule has 0 aliphatic carbocycles. The molecule has 29 heavy (non-hydrogen) atoms. The Hall–Kier alpha value is -2.24. The molecule has 2 heterocycles. The number of benzene rings is 2. The summed E-state index contributed by atoms with van der Waals surface area (Å²) in [6, 6.07) is 8.98. The van der Waals surface area contributed by atoms with Crippen LogP contribution in [0.2, 0.25) is 0 Å². The number of aryl methyl sites for hydroxylation is 1. The van der Waals surface area contributed by atoms with E-state index in [2.05, 4.69) is 38.9 Å². The summed E-state index contributed by atoms with van der Waals surface area (Å²) in [4.78, 5) is 7.09. The highest BCUT2D eigenvalue weighted by atomic mass is 19.1. The molecular weight excluding hydrogens is 367 g/mol. The SMILES string of the molecule is CN(C)CCCc1cc2c(c(-c3ccc(F)cc3)c1C1=NC(C)(C)CO1)COC2. The first kappa shape index (κ1) is 20.0. The van der Waals surface area contributed by atoms with Crippen molar-refractivity contribution in [2.24, 2.45) is 4.99 Å². The molecule has 0 atom stereocenters. The molecule has 154 valence electrons. The monoisotopic (exact) mass is 396 g/mol. The Labute approximate surface area is 172 Å². The predicted molar refractivity (Wildman–Crippen MR) is 114 cm³/mol. The Morgan fingerprint density at radius 2 is 1.86 bits per heavy atom. The predicted octanol–water partition coefficient (Wildman–Crippen LogP) is 4.57. The number of hydrogen-bond acceptors (Lipinski definition) is 4. The summed E-state index contributed by atoms with van der Waals surface area (Å²) in [5.74, 6) is 0.463. The van der Waals surface area contributed by atoms with Crippen molar-refractivity contribution in [1.29, 1.82) is 0 Å². The van der Waals surface area contributed by atoms with E-state index in [1.54, 1.807) is 0 Å². The van der Waals surface area contributed by atoms with E-state index in [0.29, 0.717) is 25.7 Å². The molecule has 0 fully saturated rings. The quantitative estimate of drug-likeness (QED) is 0.717. The minimum absolute atomic E-state index is 0.235. The lowest BCUT2D eigenvalue weighted by Crippen LogP contribution is -2.17. The molecule has 0 saturated carbocycles. The van der Waals surface area contributed by atoms with Gasteiger partial charge in [-0.3, -0.25) is 0 Å². The van der Waals surface area contributed by atoms with Gasteiger partial charge < -0.3 is 14.4 Å². The zero-order chi connectivity index (χ0) is 20.6. The van der Waals surface area contributed by atoms with E-state index in [1.165, 1.54) is 28.8 Å². The van der Waals surface area contributed by atoms with Crippen molar-refractivity contribution in [2.75, 3.05) is 27.2 Å². The van der Waals surface area contributed by atoms with E-state index >= 15 is 0 Å². The van der Waals surface area contributed by atoms with Crippen molar-refractivity contribution in [1.82, 2.24) is 4.90 Å². The Morgan fingerprint density at radius 3 is 2.52 bits per heavy atom. The van der Waals surface area contributed by atoms with Crippen LogP contribution in [0.5, 0.6) is 0 Å². The molecule has 4 nitrogen and oxygen atoms in total. The van der Waals surface area contributed by atoms with Crippen LogP contribution in [0.1, 0.15) is 42.5 Å². The zero-order valence-electron chi connectivity index (χ0n) is 17.7. The normalized spacial score (nSPS) is 17.4. The van der Waals surface area contributed by atoms with Gasteiger partial charge in [-0.1, -0.05) is 18.2 Å². The van der Waals surface area contributed by atoms with Crippen LogP contribution in [0.15, 0.2) is 35.3 Å². The van der Waals surface area contributed by atoms with E-state index in [4.69, 9.17) is 14.5 Å². The zero-order valence-corrected chi connectivity index (χ0v) is 17.7. The van der Waals surface area contributed by atoms with Crippen LogP contribution < -0.4 is 0 Å². The van der Waals surface area contributed by atoms with Crippen molar-refractivity contribution < 1.29 is 13.9 Å². The average Bonchev–Trinajstić information content (AvgIpc) is 3.26. The molecule has 0 aromatic heterocycles. The summed E-state index contributed by atoms with van der Waals surface area (Å²) in [6.07, 6.45) is 1.97. The number of nitrogens with zero attached hydrogens (tertiary/aromatic N) is 2. The van der Waals surface area contributed by atoms with Gasteiger partial charge in [-0.25, -0.2) is 9.38 Å². The third-order valence-corrected chi connectivity index (χ3v) is 5.48. The molecule has 0 bridgehead atoms. The average molecular weight is 397 g/mol. The molecule has 0 spiro atoms. The number of rotatable bonds is 6. The third kappa shape index (κ3) is 4.21. The fourth-order valence-corrected chi connectivity index (χ4v) is 4.07. The van der Waals surface area contributed by atoms with Gasteiger partial charge in [0.25, 0.3) is 0 Å². The van der Waals surface area contributed by atoms with Crippen LogP contribution in [0.3, 0.4) is 0 Å². The summed E-state index contributed by atoms with van der Waals surface area (Å²) in [5, 5.41) is 0. The fourth-order valence-electron chi connectivity index (χ4n) is 4.07. The van der Waals surface area contributed by atoms with E-state index < -0.39 is 0 Å². The van der Waals surface area contributed by atoms with E-state index in [-0.39, 0.29) is 11.4 Å². The van der Waals surface area contributed by atoms with Crippen molar-refractivity contribution >= 4 is 5.90 Å². The Balaban J connectivity index is 1.89. The minimum atomic E-state index is -0.244. The number of fused-ring (bicyclic) bond motifs is 1. The highest BCUT2D eigenvalue weighted by Gasteiger charge is 2.32. The standard InChI is InChI=1S/C24H29FN2O2/c1-24(2)15-29-23(26-24)22-17(6-5-11-27(3)4)12-18-13-28-14-20(18)21(22)16-7-9-19(25)10-8-16/h7-10,12H,5-6,11,13-15H2,1-4H3. The van der Waals surface area contributed by atoms with Crippen molar-refractivity contribution in [2.45, 2.75) is 45.4 Å². The van der Waals surface area contributed by atoms with E-state index in [1.807, 2.05) is 12.1 Å². The minimum Gasteiger partial charge on any atom is -0.475 e. The van der Waals surface area contributed by atoms with E-state index in [9.17, 15) is 4.39 Å². The molecule has 5 heteroatoms. The lowest BCUT2D eigenvalue weighted by atomic mass is 9.86. The van der Waals surface area contributed by atoms with Gasteiger partial charge in [0, 0.05) is 11.1 Å². The molecule has 2 aliphatic rings. The Kier molecular flexibility index (Phi) is 5.45. The summed E-state index contributed by atoms with van der Waals surface area (Å²) >= 11 is 0. The Morgan fingerprint density at radius 1 is 1.10 bits per heavy atom. The molecule has 0 unspecified atom stereocenters. The van der Waals surface area contributed by atoms with Crippen molar-refractivity contribution in [3.63, 3.8) is 0 Å². The smallest absolute Gasteiger partial charge is 0.217 e. The van der Waals surface area contributed by atoms with Gasteiger partial charge in [0.15, 0.2) is 0 Å². The second-order valence-electron chi connectivity index (χ2n) is 8.85. The molecule has 2 aromatic rings. The van der Waals surface area contributed by atoms with E-state index in [0.717, 1.165) is 36.1 Å².